The molecular weight excluding hydrogens is 222 g/mol. The van der Waals surface area contributed by atoms with Crippen molar-refractivity contribution in [2.45, 2.75) is 26.7 Å². The maximum absolute atomic E-state index is 5.98. The van der Waals surface area contributed by atoms with Crippen LogP contribution in [-0.2, 0) is 0 Å². The zero-order valence-corrected chi connectivity index (χ0v) is 11.6. The number of hydrogen-bond acceptors (Lipinski definition) is 3. The van der Waals surface area contributed by atoms with Crippen LogP contribution in [-0.4, -0.2) is 31.1 Å². The van der Waals surface area contributed by atoms with Gasteiger partial charge in [-0.1, -0.05) is 13.0 Å². The van der Waals surface area contributed by atoms with E-state index >= 15 is 0 Å². The van der Waals surface area contributed by atoms with Gasteiger partial charge in [-0.25, -0.2) is 0 Å². The summed E-state index contributed by atoms with van der Waals surface area (Å²) in [5.74, 6) is 0.905. The number of rotatable bonds is 4. The molecule has 0 atom stereocenters. The lowest BCUT2D eigenvalue weighted by Gasteiger charge is -2.30. The van der Waals surface area contributed by atoms with Gasteiger partial charge in [-0.2, -0.15) is 0 Å². The molecule has 3 N–H and O–H groups in total. The van der Waals surface area contributed by atoms with Crippen molar-refractivity contribution in [2.75, 3.05) is 37.2 Å². The molecule has 2 rings (SSSR count). The average molecular weight is 247 g/mol. The van der Waals surface area contributed by atoms with Crippen LogP contribution in [0.15, 0.2) is 18.2 Å². The molecule has 0 radical (unpaired) electrons. The predicted molar refractivity (Wildman–Crippen MR) is 78.9 cm³/mol. The van der Waals surface area contributed by atoms with Crippen molar-refractivity contribution < 1.29 is 0 Å². The molecule has 0 spiro atoms. The van der Waals surface area contributed by atoms with Gasteiger partial charge in [-0.15, -0.1) is 0 Å². The first kappa shape index (κ1) is 13.2. The molecule has 1 aliphatic rings. The van der Waals surface area contributed by atoms with E-state index in [-0.39, 0.29) is 0 Å². The number of nitrogen functional groups attached to an aromatic ring is 1. The Morgan fingerprint density at radius 3 is 2.72 bits per heavy atom. The average Bonchev–Trinajstić information content (AvgIpc) is 2.34. The molecule has 1 heterocycles. The smallest absolute Gasteiger partial charge is 0.0574 e. The molecule has 1 aromatic rings. The maximum Gasteiger partial charge on any atom is 0.0574 e. The summed E-state index contributed by atoms with van der Waals surface area (Å²) >= 11 is 0. The largest absolute Gasteiger partial charge is 0.397 e. The monoisotopic (exact) mass is 247 g/mol. The summed E-state index contributed by atoms with van der Waals surface area (Å²) in [7, 11) is 0. The highest BCUT2D eigenvalue weighted by Crippen LogP contribution is 2.19. The Morgan fingerprint density at radius 1 is 1.33 bits per heavy atom. The summed E-state index contributed by atoms with van der Waals surface area (Å²) < 4.78 is 0. The van der Waals surface area contributed by atoms with Crippen LogP contribution in [0.4, 0.5) is 11.4 Å². The summed E-state index contributed by atoms with van der Waals surface area (Å²) in [5, 5.41) is 3.43. The molecule has 0 bridgehead atoms. The third-order valence-electron chi connectivity index (χ3n) is 3.83. The summed E-state index contributed by atoms with van der Waals surface area (Å²) in [6.07, 6.45) is 2.68. The Morgan fingerprint density at radius 2 is 2.06 bits per heavy atom. The van der Waals surface area contributed by atoms with Crippen molar-refractivity contribution in [3.8, 4) is 0 Å². The van der Waals surface area contributed by atoms with E-state index in [1.165, 1.54) is 31.5 Å². The molecular formula is C15H25N3. The third kappa shape index (κ3) is 3.64. The van der Waals surface area contributed by atoms with Crippen LogP contribution >= 0.6 is 0 Å². The number of hydrogen-bond donors (Lipinski definition) is 2. The van der Waals surface area contributed by atoms with Crippen LogP contribution in [0.2, 0.25) is 0 Å². The Bertz CT molecular complexity index is 381. The molecule has 1 aromatic carbocycles. The van der Waals surface area contributed by atoms with Crippen molar-refractivity contribution in [1.82, 2.24) is 4.90 Å². The van der Waals surface area contributed by atoms with Crippen molar-refractivity contribution in [1.29, 1.82) is 0 Å². The van der Waals surface area contributed by atoms with E-state index in [0.29, 0.717) is 0 Å². The predicted octanol–water partition coefficient (Wildman–Crippen LogP) is 2.72. The minimum absolute atomic E-state index is 0.849. The van der Waals surface area contributed by atoms with Crippen molar-refractivity contribution >= 4 is 11.4 Å². The number of likely N-dealkylation sites (tertiary alicyclic amines) is 1. The molecule has 0 saturated carbocycles. The van der Waals surface area contributed by atoms with E-state index in [1.54, 1.807) is 0 Å². The molecule has 3 heteroatoms. The van der Waals surface area contributed by atoms with Gasteiger partial charge in [0.2, 0.25) is 0 Å². The lowest BCUT2D eigenvalue weighted by Crippen LogP contribution is -2.36. The fourth-order valence-corrected chi connectivity index (χ4v) is 2.48. The number of anilines is 2. The number of aryl methyl sites for hydroxylation is 1. The van der Waals surface area contributed by atoms with E-state index < -0.39 is 0 Å². The second-order valence-corrected chi connectivity index (χ2v) is 5.54. The van der Waals surface area contributed by atoms with Crippen LogP contribution in [0.5, 0.6) is 0 Å². The minimum Gasteiger partial charge on any atom is -0.397 e. The topological polar surface area (TPSA) is 41.3 Å². The van der Waals surface area contributed by atoms with Gasteiger partial charge in [0.05, 0.1) is 11.4 Å². The van der Waals surface area contributed by atoms with Crippen LogP contribution in [0.1, 0.15) is 25.3 Å². The van der Waals surface area contributed by atoms with E-state index in [2.05, 4.69) is 36.2 Å². The Balaban J connectivity index is 1.75. The molecule has 18 heavy (non-hydrogen) atoms. The number of benzene rings is 1. The summed E-state index contributed by atoms with van der Waals surface area (Å²) in [6, 6.07) is 6.19. The Labute approximate surface area is 110 Å². The normalized spacial score (nSPS) is 17.9. The van der Waals surface area contributed by atoms with Gasteiger partial charge >= 0.3 is 0 Å². The number of nitrogens with one attached hydrogen (secondary N) is 1. The highest BCUT2D eigenvalue weighted by atomic mass is 15.1. The minimum atomic E-state index is 0.849. The molecule has 1 fully saturated rings. The van der Waals surface area contributed by atoms with Gasteiger partial charge in [0, 0.05) is 13.1 Å². The second kappa shape index (κ2) is 6.10. The van der Waals surface area contributed by atoms with Crippen LogP contribution in [0, 0.1) is 12.8 Å². The summed E-state index contributed by atoms with van der Waals surface area (Å²) in [6.45, 7) is 8.98. The van der Waals surface area contributed by atoms with E-state index in [1.807, 2.05) is 6.07 Å². The van der Waals surface area contributed by atoms with Crippen molar-refractivity contribution in [3.05, 3.63) is 23.8 Å². The van der Waals surface area contributed by atoms with Crippen LogP contribution in [0.3, 0.4) is 0 Å². The quantitative estimate of drug-likeness (QED) is 0.804. The first-order valence-electron chi connectivity index (χ1n) is 6.97. The number of nitrogens with two attached hydrogens (primary N) is 1. The van der Waals surface area contributed by atoms with Crippen molar-refractivity contribution in [2.24, 2.45) is 5.92 Å². The van der Waals surface area contributed by atoms with E-state index in [0.717, 1.165) is 30.4 Å². The maximum atomic E-state index is 5.98. The lowest BCUT2D eigenvalue weighted by atomic mass is 9.99. The van der Waals surface area contributed by atoms with Gasteiger partial charge in [-0.05, 0) is 56.5 Å². The standard InChI is InChI=1S/C15H25N3/c1-12-5-8-18(9-6-12)10-7-17-15-4-3-13(2)11-14(15)16/h3-4,11-12,17H,5-10,16H2,1-2H3. The first-order valence-corrected chi connectivity index (χ1v) is 6.97. The van der Waals surface area contributed by atoms with Gasteiger partial charge in [0.1, 0.15) is 0 Å². The van der Waals surface area contributed by atoms with Gasteiger partial charge in [0.25, 0.3) is 0 Å². The molecule has 1 saturated heterocycles. The summed E-state index contributed by atoms with van der Waals surface area (Å²) in [5.41, 5.74) is 9.10. The zero-order chi connectivity index (χ0) is 13.0. The van der Waals surface area contributed by atoms with Crippen LogP contribution < -0.4 is 11.1 Å². The Hall–Kier alpha value is -1.22. The molecule has 0 aromatic heterocycles. The third-order valence-corrected chi connectivity index (χ3v) is 3.83. The Kier molecular flexibility index (Phi) is 4.48. The molecule has 0 unspecified atom stereocenters. The second-order valence-electron chi connectivity index (χ2n) is 5.54. The van der Waals surface area contributed by atoms with Gasteiger partial charge < -0.3 is 16.0 Å². The van der Waals surface area contributed by atoms with Gasteiger partial charge in [0.15, 0.2) is 0 Å². The molecule has 1 aliphatic heterocycles. The fraction of sp³-hybridized carbons (Fsp3) is 0.600. The highest BCUT2D eigenvalue weighted by Gasteiger charge is 2.14. The SMILES string of the molecule is Cc1ccc(NCCN2CCC(C)CC2)c(N)c1. The highest BCUT2D eigenvalue weighted by molar-refractivity contribution is 5.66. The summed E-state index contributed by atoms with van der Waals surface area (Å²) in [4.78, 5) is 2.54. The molecule has 0 aliphatic carbocycles. The van der Waals surface area contributed by atoms with Gasteiger partial charge in [-0.3, -0.25) is 0 Å². The van der Waals surface area contributed by atoms with Crippen LogP contribution in [0.25, 0.3) is 0 Å². The fourth-order valence-electron chi connectivity index (χ4n) is 2.48. The lowest BCUT2D eigenvalue weighted by molar-refractivity contribution is 0.199. The van der Waals surface area contributed by atoms with Crippen molar-refractivity contribution in [3.63, 3.8) is 0 Å². The van der Waals surface area contributed by atoms with E-state index in [4.69, 9.17) is 5.73 Å². The first-order chi connectivity index (χ1) is 8.65. The zero-order valence-electron chi connectivity index (χ0n) is 11.6. The number of nitrogens with zero attached hydrogens (tertiary/aromatic N) is 1. The number of piperidine rings is 1. The molecule has 3 nitrogen and oxygen atoms in total. The molecule has 0 amide bonds. The molecule has 100 valence electrons. The van der Waals surface area contributed by atoms with E-state index in [9.17, 15) is 0 Å².